The van der Waals surface area contributed by atoms with Gasteiger partial charge < -0.3 is 33.9 Å². The quantitative estimate of drug-likeness (QED) is 0.193. The molecule has 9 rings (SSSR count). The predicted molar refractivity (Wildman–Crippen MR) is 211 cm³/mol. The number of carbonyl (C=O) groups is 2. The Morgan fingerprint density at radius 3 is 2.43 bits per heavy atom. The standard InChI is InChI=1S/C42H38F3N9O6/c1-3-31-36(51-15-17-52(18-16-51)39(56)35-37(24(2)46-22-47-35)58-21-25-7-5-4-6-8-25)40(57)54-41(49-38(50-54)26-9-14-32-33(19-26)60-23-59-32)53(31)20-34(55)48-30-13-12-29(42(43,44)45)27-10-11-28(27)30/h4-9,12-14,19,22H,3,10-11,15-18,20-21,23H2,1-2H3,(H,48,55). The van der Waals surface area contributed by atoms with Gasteiger partial charge in [-0.2, -0.15) is 22.7 Å². The second kappa shape index (κ2) is 15.3. The van der Waals surface area contributed by atoms with E-state index in [1.165, 1.54) is 12.4 Å². The Kier molecular flexibility index (Phi) is 9.84. The van der Waals surface area contributed by atoms with Crippen molar-refractivity contribution in [3.8, 4) is 28.6 Å². The van der Waals surface area contributed by atoms with Crippen molar-refractivity contribution in [2.24, 2.45) is 0 Å². The number of ether oxygens (including phenoxy) is 3. The molecule has 0 atom stereocenters. The van der Waals surface area contributed by atoms with Gasteiger partial charge >= 0.3 is 6.18 Å². The number of hydrogen-bond donors (Lipinski definition) is 1. The minimum Gasteiger partial charge on any atom is -0.485 e. The molecule has 308 valence electrons. The number of aromatic nitrogens is 6. The number of rotatable bonds is 10. The topological polar surface area (TPSA) is 158 Å². The van der Waals surface area contributed by atoms with Crippen LogP contribution in [0.2, 0.25) is 0 Å². The molecule has 0 bridgehead atoms. The molecule has 1 aliphatic carbocycles. The highest BCUT2D eigenvalue weighted by molar-refractivity contribution is 5.95. The van der Waals surface area contributed by atoms with Crippen molar-refractivity contribution in [3.63, 3.8) is 0 Å². The largest absolute Gasteiger partial charge is 0.485 e. The number of piperazine rings is 1. The summed E-state index contributed by atoms with van der Waals surface area (Å²) in [6, 6.07) is 17.0. The van der Waals surface area contributed by atoms with Gasteiger partial charge in [0.05, 0.1) is 17.0 Å². The third kappa shape index (κ3) is 7.00. The Hall–Kier alpha value is -6.98. The number of benzene rings is 3. The molecule has 6 aromatic rings. The average molecular weight is 822 g/mol. The fraction of sp³-hybridized carbons (Fsp3) is 0.310. The Balaban J connectivity index is 1.03. The molecule has 1 fully saturated rings. The van der Waals surface area contributed by atoms with Crippen molar-refractivity contribution < 1.29 is 37.0 Å². The lowest BCUT2D eigenvalue weighted by molar-refractivity contribution is -0.138. The van der Waals surface area contributed by atoms with Gasteiger partial charge in [-0.15, -0.1) is 5.10 Å². The molecule has 3 aliphatic rings. The number of carbonyl (C=O) groups excluding carboxylic acids is 2. The smallest absolute Gasteiger partial charge is 0.416 e. The first kappa shape index (κ1) is 38.5. The summed E-state index contributed by atoms with van der Waals surface area (Å²) in [6.07, 6.45) is -2.21. The third-order valence-electron chi connectivity index (χ3n) is 11.0. The Morgan fingerprint density at radius 1 is 0.933 bits per heavy atom. The molecule has 18 heteroatoms. The lowest BCUT2D eigenvalue weighted by atomic mass is 9.83. The van der Waals surface area contributed by atoms with Crippen LogP contribution in [0, 0.1) is 6.92 Å². The van der Waals surface area contributed by atoms with E-state index in [4.69, 9.17) is 19.2 Å². The number of nitrogens with zero attached hydrogens (tertiary/aromatic N) is 8. The van der Waals surface area contributed by atoms with E-state index in [2.05, 4.69) is 20.4 Å². The molecule has 0 spiro atoms. The zero-order valence-corrected chi connectivity index (χ0v) is 32.6. The van der Waals surface area contributed by atoms with Crippen molar-refractivity contribution in [1.82, 2.24) is 34.0 Å². The Labute approximate surface area is 340 Å². The number of aryl methyl sites for hydroxylation is 1. The van der Waals surface area contributed by atoms with Gasteiger partial charge in [-0.3, -0.25) is 14.4 Å². The van der Waals surface area contributed by atoms with Gasteiger partial charge in [0, 0.05) is 37.4 Å². The van der Waals surface area contributed by atoms with Crippen LogP contribution in [0.25, 0.3) is 17.2 Å². The monoisotopic (exact) mass is 821 g/mol. The van der Waals surface area contributed by atoms with Gasteiger partial charge in [-0.25, -0.2) is 9.97 Å². The number of fused-ring (bicyclic) bond motifs is 3. The first-order chi connectivity index (χ1) is 29.0. The number of anilines is 2. The summed E-state index contributed by atoms with van der Waals surface area (Å²) in [7, 11) is 0. The highest BCUT2D eigenvalue weighted by Crippen LogP contribution is 2.41. The van der Waals surface area contributed by atoms with Crippen molar-refractivity contribution in [3.05, 3.63) is 117 Å². The predicted octanol–water partition coefficient (Wildman–Crippen LogP) is 5.25. The molecule has 3 aromatic heterocycles. The van der Waals surface area contributed by atoms with E-state index in [-0.39, 0.29) is 87.0 Å². The molecular weight excluding hydrogens is 784 g/mol. The fourth-order valence-corrected chi connectivity index (χ4v) is 7.94. The second-order valence-corrected chi connectivity index (χ2v) is 14.6. The van der Waals surface area contributed by atoms with Gasteiger partial charge in [0.1, 0.15) is 25.2 Å². The third-order valence-corrected chi connectivity index (χ3v) is 11.0. The second-order valence-electron chi connectivity index (χ2n) is 14.6. The van der Waals surface area contributed by atoms with Crippen LogP contribution in [0.3, 0.4) is 0 Å². The summed E-state index contributed by atoms with van der Waals surface area (Å²) in [5.41, 5.74) is 2.67. The molecule has 1 saturated heterocycles. The summed E-state index contributed by atoms with van der Waals surface area (Å²) in [5.74, 6) is 0.767. The van der Waals surface area contributed by atoms with Crippen molar-refractivity contribution in [1.29, 1.82) is 0 Å². The van der Waals surface area contributed by atoms with E-state index in [1.54, 1.807) is 34.6 Å². The van der Waals surface area contributed by atoms with Gasteiger partial charge in [0.15, 0.2) is 28.8 Å². The number of hydrogen-bond acceptors (Lipinski definition) is 11. The molecular formula is C42H38F3N9O6. The van der Waals surface area contributed by atoms with Crippen LogP contribution in [0.5, 0.6) is 17.2 Å². The fourth-order valence-electron chi connectivity index (χ4n) is 7.94. The van der Waals surface area contributed by atoms with Crippen molar-refractivity contribution in [2.45, 2.75) is 52.4 Å². The molecule has 15 nitrogen and oxygen atoms in total. The number of amides is 2. The molecule has 2 aliphatic heterocycles. The number of halogens is 3. The van der Waals surface area contributed by atoms with Crippen molar-refractivity contribution in [2.75, 3.05) is 43.2 Å². The summed E-state index contributed by atoms with van der Waals surface area (Å²) in [4.78, 5) is 59.2. The molecule has 60 heavy (non-hydrogen) atoms. The average Bonchev–Trinajstić information content (AvgIpc) is 3.90. The van der Waals surface area contributed by atoms with Crippen LogP contribution >= 0.6 is 0 Å². The zero-order valence-electron chi connectivity index (χ0n) is 32.6. The maximum Gasteiger partial charge on any atom is 0.416 e. The highest BCUT2D eigenvalue weighted by atomic mass is 19.4. The van der Waals surface area contributed by atoms with E-state index >= 15 is 0 Å². The van der Waals surface area contributed by atoms with E-state index in [0.29, 0.717) is 58.3 Å². The van der Waals surface area contributed by atoms with Crippen LogP contribution < -0.4 is 30.0 Å². The normalized spacial score (nSPS) is 14.6. The van der Waals surface area contributed by atoms with Crippen LogP contribution in [0.1, 0.15) is 51.1 Å². The molecule has 0 saturated carbocycles. The molecule has 2 amide bonds. The van der Waals surface area contributed by atoms with E-state index in [9.17, 15) is 27.6 Å². The maximum absolute atomic E-state index is 14.5. The molecule has 3 aromatic carbocycles. The lowest BCUT2D eigenvalue weighted by Crippen LogP contribution is -2.51. The molecule has 0 unspecified atom stereocenters. The molecule has 0 radical (unpaired) electrons. The van der Waals surface area contributed by atoms with Crippen LogP contribution in [0.4, 0.5) is 24.5 Å². The Morgan fingerprint density at radius 2 is 1.70 bits per heavy atom. The molecule has 5 heterocycles. The first-order valence-electron chi connectivity index (χ1n) is 19.4. The van der Waals surface area contributed by atoms with E-state index in [1.807, 2.05) is 42.2 Å². The first-order valence-corrected chi connectivity index (χ1v) is 19.4. The van der Waals surface area contributed by atoms with Crippen molar-refractivity contribution >= 4 is 29.0 Å². The van der Waals surface area contributed by atoms with Crippen LogP contribution in [-0.4, -0.2) is 78.8 Å². The SMILES string of the molecule is CCc1c(N2CCN(C(=O)c3ncnc(C)c3OCc3ccccc3)CC2)c(=O)n2nc(-c3ccc4c(c3)OCO4)nc2n1CC(=O)Nc1ccc(C(F)(F)F)c2c1CC2. The number of nitrogens with one attached hydrogen (secondary N) is 1. The Bertz CT molecular complexity index is 2730. The van der Waals surface area contributed by atoms with Gasteiger partial charge in [0.2, 0.25) is 18.5 Å². The van der Waals surface area contributed by atoms with Gasteiger partial charge in [-0.1, -0.05) is 37.3 Å². The summed E-state index contributed by atoms with van der Waals surface area (Å²) in [6.45, 7) is 4.55. The summed E-state index contributed by atoms with van der Waals surface area (Å²) in [5, 5.41) is 7.43. The zero-order chi connectivity index (χ0) is 41.7. The summed E-state index contributed by atoms with van der Waals surface area (Å²) < 4.78 is 60.9. The minimum absolute atomic E-state index is 0.0589. The van der Waals surface area contributed by atoms with Crippen LogP contribution in [-0.2, 0) is 43.4 Å². The molecule has 1 N–H and O–H groups in total. The van der Waals surface area contributed by atoms with Crippen LogP contribution in [0.15, 0.2) is 71.8 Å². The van der Waals surface area contributed by atoms with Gasteiger partial charge in [0.25, 0.3) is 11.5 Å². The summed E-state index contributed by atoms with van der Waals surface area (Å²) >= 11 is 0. The minimum atomic E-state index is -4.50. The number of alkyl halides is 3. The highest BCUT2D eigenvalue weighted by Gasteiger charge is 2.38. The van der Waals surface area contributed by atoms with E-state index < -0.39 is 23.2 Å². The maximum atomic E-state index is 14.5. The van der Waals surface area contributed by atoms with Gasteiger partial charge in [-0.05, 0) is 73.2 Å². The van der Waals surface area contributed by atoms with E-state index in [0.717, 1.165) is 16.1 Å². The lowest BCUT2D eigenvalue weighted by Gasteiger charge is -2.36.